The molecule has 0 bridgehead atoms. The van der Waals surface area contributed by atoms with Gasteiger partial charge < -0.3 is 19.9 Å². The molecule has 7 nitrogen and oxygen atoms in total. The third-order valence-corrected chi connectivity index (χ3v) is 7.92. The standard InChI is InChI=1S/C38H37N3O4/c42-27-30-16-18-31(19-17-30)36-22-35(26-41(24-28-9-3-1-4-10-28)25-29-11-5-2-6-12-29)44-38(45-36)32-13-7-15-34(21-32)40-37(43)33-14-8-20-39-23-33/h1-21,23,35-36,38,42H,22,24-27H2,(H,40,43)/t35-,36+,38+/m0/s1. The van der Waals surface area contributed by atoms with Crippen LogP contribution in [0.2, 0.25) is 0 Å². The molecule has 1 fully saturated rings. The van der Waals surface area contributed by atoms with Crippen molar-refractivity contribution in [3.63, 3.8) is 0 Å². The van der Waals surface area contributed by atoms with E-state index in [-0.39, 0.29) is 24.7 Å². The third kappa shape index (κ3) is 8.29. The van der Waals surface area contributed by atoms with Gasteiger partial charge in [-0.15, -0.1) is 0 Å². The molecule has 1 saturated heterocycles. The van der Waals surface area contributed by atoms with Crippen LogP contribution in [0.5, 0.6) is 0 Å². The Morgan fingerprint density at radius 1 is 0.778 bits per heavy atom. The number of anilines is 1. The van der Waals surface area contributed by atoms with E-state index in [1.54, 1.807) is 24.5 Å². The van der Waals surface area contributed by atoms with Gasteiger partial charge in [0.2, 0.25) is 0 Å². The number of benzene rings is 4. The zero-order valence-electron chi connectivity index (χ0n) is 25.0. The number of rotatable bonds is 11. The second kappa shape index (κ2) is 14.9. The summed E-state index contributed by atoms with van der Waals surface area (Å²) in [4.78, 5) is 19.3. The lowest BCUT2D eigenvalue weighted by Gasteiger charge is -2.38. The monoisotopic (exact) mass is 599 g/mol. The summed E-state index contributed by atoms with van der Waals surface area (Å²) in [5.41, 5.74) is 6.32. The summed E-state index contributed by atoms with van der Waals surface area (Å²) in [5.74, 6) is -0.233. The highest BCUT2D eigenvalue weighted by Crippen LogP contribution is 2.39. The lowest BCUT2D eigenvalue weighted by Crippen LogP contribution is -2.39. The largest absolute Gasteiger partial charge is 0.392 e. The van der Waals surface area contributed by atoms with Gasteiger partial charge in [0.25, 0.3) is 5.91 Å². The minimum atomic E-state index is -0.642. The molecule has 7 heteroatoms. The average molecular weight is 600 g/mol. The Labute approximate surface area is 264 Å². The summed E-state index contributed by atoms with van der Waals surface area (Å²) >= 11 is 0. The number of amides is 1. The highest BCUT2D eigenvalue weighted by atomic mass is 16.7. The quantitative estimate of drug-likeness (QED) is 0.169. The molecule has 5 aromatic rings. The van der Waals surface area contributed by atoms with Crippen LogP contribution in [0, 0.1) is 0 Å². The van der Waals surface area contributed by atoms with Crippen molar-refractivity contribution in [3.8, 4) is 0 Å². The minimum absolute atomic E-state index is 0.00828. The van der Waals surface area contributed by atoms with Crippen molar-refractivity contribution in [3.05, 3.63) is 167 Å². The summed E-state index contributed by atoms with van der Waals surface area (Å²) in [7, 11) is 0. The van der Waals surface area contributed by atoms with Crippen LogP contribution in [-0.4, -0.2) is 33.5 Å². The van der Waals surface area contributed by atoms with Crippen LogP contribution >= 0.6 is 0 Å². The third-order valence-electron chi connectivity index (χ3n) is 7.92. The Kier molecular flexibility index (Phi) is 10.0. The van der Waals surface area contributed by atoms with E-state index in [1.165, 1.54) is 11.1 Å². The van der Waals surface area contributed by atoms with Crippen LogP contribution in [0.4, 0.5) is 5.69 Å². The maximum atomic E-state index is 12.8. The fourth-order valence-electron chi connectivity index (χ4n) is 5.65. The van der Waals surface area contributed by atoms with E-state index in [2.05, 4.69) is 63.7 Å². The summed E-state index contributed by atoms with van der Waals surface area (Å²) < 4.78 is 13.3. The molecule has 4 aromatic carbocycles. The number of ether oxygens (including phenoxy) is 2. The second-order valence-corrected chi connectivity index (χ2v) is 11.3. The van der Waals surface area contributed by atoms with Crippen molar-refractivity contribution in [1.82, 2.24) is 9.88 Å². The number of nitrogens with zero attached hydrogens (tertiary/aromatic N) is 2. The number of pyridine rings is 1. The summed E-state index contributed by atoms with van der Waals surface area (Å²) in [6, 6.07) is 40.0. The van der Waals surface area contributed by atoms with E-state index in [0.29, 0.717) is 24.2 Å². The molecule has 1 aliphatic rings. The SMILES string of the molecule is O=C(Nc1cccc([C@@H]2O[C@H](CN(Cc3ccccc3)Cc3ccccc3)C[C@H](c3ccc(CO)cc3)O2)c1)c1cccnc1. The van der Waals surface area contributed by atoms with Crippen molar-refractivity contribution in [1.29, 1.82) is 0 Å². The number of hydrogen-bond acceptors (Lipinski definition) is 6. The van der Waals surface area contributed by atoms with Gasteiger partial charge in [0.1, 0.15) is 0 Å². The maximum Gasteiger partial charge on any atom is 0.257 e. The summed E-state index contributed by atoms with van der Waals surface area (Å²) in [5, 5.41) is 12.6. The molecule has 0 radical (unpaired) electrons. The molecule has 2 heterocycles. The van der Waals surface area contributed by atoms with Crippen molar-refractivity contribution in [2.75, 3.05) is 11.9 Å². The lowest BCUT2D eigenvalue weighted by atomic mass is 9.99. The van der Waals surface area contributed by atoms with Gasteiger partial charge in [-0.1, -0.05) is 97.1 Å². The number of aliphatic hydroxyl groups excluding tert-OH is 1. The molecule has 1 amide bonds. The lowest BCUT2D eigenvalue weighted by molar-refractivity contribution is -0.253. The van der Waals surface area contributed by atoms with E-state index < -0.39 is 6.29 Å². The second-order valence-electron chi connectivity index (χ2n) is 11.3. The van der Waals surface area contributed by atoms with Gasteiger partial charge in [-0.3, -0.25) is 14.7 Å². The number of aliphatic hydroxyl groups is 1. The molecule has 1 aliphatic heterocycles. The Morgan fingerprint density at radius 2 is 1.49 bits per heavy atom. The Hall–Kier alpha value is -4.66. The summed E-state index contributed by atoms with van der Waals surface area (Å²) in [6.45, 7) is 2.26. The van der Waals surface area contributed by atoms with Gasteiger partial charge >= 0.3 is 0 Å². The van der Waals surface area contributed by atoms with Crippen LogP contribution in [0.1, 0.15) is 57.0 Å². The molecule has 1 aromatic heterocycles. The molecular weight excluding hydrogens is 562 g/mol. The van der Waals surface area contributed by atoms with Crippen LogP contribution in [0.3, 0.4) is 0 Å². The first-order valence-electron chi connectivity index (χ1n) is 15.2. The molecule has 0 saturated carbocycles. The van der Waals surface area contributed by atoms with Crippen LogP contribution in [0.25, 0.3) is 0 Å². The Morgan fingerprint density at radius 3 is 2.13 bits per heavy atom. The fraction of sp³-hybridized carbons (Fsp3) is 0.211. The molecule has 45 heavy (non-hydrogen) atoms. The Balaban J connectivity index is 1.25. The molecule has 2 N–H and O–H groups in total. The highest BCUT2D eigenvalue weighted by Gasteiger charge is 2.33. The maximum absolute atomic E-state index is 12.8. The van der Waals surface area contributed by atoms with Crippen molar-refractivity contribution in [2.45, 2.75) is 44.6 Å². The van der Waals surface area contributed by atoms with Gasteiger partial charge in [-0.05, 0) is 46.5 Å². The molecule has 0 aliphatic carbocycles. The molecular formula is C38H37N3O4. The van der Waals surface area contributed by atoms with E-state index in [0.717, 1.165) is 29.8 Å². The first-order valence-corrected chi connectivity index (χ1v) is 15.2. The van der Waals surface area contributed by atoms with Crippen molar-refractivity contribution >= 4 is 11.6 Å². The van der Waals surface area contributed by atoms with Crippen LogP contribution < -0.4 is 5.32 Å². The highest BCUT2D eigenvalue weighted by molar-refractivity contribution is 6.04. The fourth-order valence-corrected chi connectivity index (χ4v) is 5.65. The van der Waals surface area contributed by atoms with E-state index >= 15 is 0 Å². The smallest absolute Gasteiger partial charge is 0.257 e. The Bertz CT molecular complexity index is 1610. The molecule has 0 unspecified atom stereocenters. The zero-order valence-corrected chi connectivity index (χ0v) is 25.0. The zero-order chi connectivity index (χ0) is 30.8. The predicted octanol–water partition coefficient (Wildman–Crippen LogP) is 7.07. The normalized spacial score (nSPS) is 18.0. The van der Waals surface area contributed by atoms with Crippen molar-refractivity contribution < 1.29 is 19.4 Å². The molecule has 0 spiro atoms. The first kappa shape index (κ1) is 30.4. The molecule has 3 atom stereocenters. The molecule has 228 valence electrons. The van der Waals surface area contributed by atoms with Gasteiger partial charge in [0.15, 0.2) is 6.29 Å². The number of aromatic nitrogens is 1. The first-order chi connectivity index (χ1) is 22.1. The van der Waals surface area contributed by atoms with E-state index in [4.69, 9.17) is 9.47 Å². The van der Waals surface area contributed by atoms with Crippen LogP contribution in [0.15, 0.2) is 134 Å². The van der Waals surface area contributed by atoms with E-state index in [9.17, 15) is 9.90 Å². The number of carbonyl (C=O) groups excluding carboxylic acids is 1. The predicted molar refractivity (Wildman–Crippen MR) is 174 cm³/mol. The van der Waals surface area contributed by atoms with Crippen LogP contribution in [-0.2, 0) is 29.2 Å². The number of carbonyl (C=O) groups is 1. The van der Waals surface area contributed by atoms with Gasteiger partial charge in [0.05, 0.1) is 24.4 Å². The van der Waals surface area contributed by atoms with Crippen molar-refractivity contribution in [2.24, 2.45) is 0 Å². The van der Waals surface area contributed by atoms with Gasteiger partial charge in [-0.2, -0.15) is 0 Å². The van der Waals surface area contributed by atoms with Gasteiger partial charge in [0, 0.05) is 49.7 Å². The number of hydrogen-bond donors (Lipinski definition) is 2. The van der Waals surface area contributed by atoms with Gasteiger partial charge in [-0.25, -0.2) is 0 Å². The minimum Gasteiger partial charge on any atom is -0.392 e. The number of nitrogens with one attached hydrogen (secondary N) is 1. The van der Waals surface area contributed by atoms with E-state index in [1.807, 2.05) is 60.7 Å². The summed E-state index contributed by atoms with van der Waals surface area (Å²) in [6.07, 6.45) is 2.86. The molecule has 6 rings (SSSR count). The average Bonchev–Trinajstić information content (AvgIpc) is 3.09. The topological polar surface area (TPSA) is 83.9 Å².